The van der Waals surface area contributed by atoms with Crippen LogP contribution in [0.25, 0.3) is 11.0 Å². The van der Waals surface area contributed by atoms with Crippen molar-refractivity contribution in [2.75, 3.05) is 0 Å². The predicted octanol–water partition coefficient (Wildman–Crippen LogP) is 5.83. The van der Waals surface area contributed by atoms with E-state index in [9.17, 15) is 18.4 Å². The summed E-state index contributed by atoms with van der Waals surface area (Å²) in [5.41, 5.74) is 0.0782. The summed E-state index contributed by atoms with van der Waals surface area (Å²) in [5.74, 6) is -1.57. The molecule has 1 aromatic heterocycles. The van der Waals surface area contributed by atoms with Crippen molar-refractivity contribution < 1.29 is 18.3 Å². The van der Waals surface area contributed by atoms with E-state index < -0.39 is 22.9 Å². The molecule has 2 heterocycles. The predicted molar refractivity (Wildman–Crippen MR) is 123 cm³/mol. The number of rotatable bonds is 3. The second-order valence-corrected chi connectivity index (χ2v) is 10.1. The third-order valence-corrected chi connectivity index (χ3v) is 7.62. The Bertz CT molecular complexity index is 1280. The summed E-state index contributed by atoms with van der Waals surface area (Å²) in [6, 6.07) is 10.5. The van der Waals surface area contributed by atoms with Crippen LogP contribution in [0.4, 0.5) is 13.6 Å². The molecule has 1 amide bonds. The third kappa shape index (κ3) is 3.57. The molecular weight excluding hydrogens is 496 g/mol. The summed E-state index contributed by atoms with van der Waals surface area (Å²) in [4.78, 5) is 29.9. The fourth-order valence-corrected chi connectivity index (χ4v) is 5.77. The molecule has 1 atom stereocenters. The van der Waals surface area contributed by atoms with Gasteiger partial charge in [0.05, 0.1) is 16.0 Å². The molecule has 33 heavy (non-hydrogen) atoms. The van der Waals surface area contributed by atoms with Crippen molar-refractivity contribution in [1.29, 1.82) is 0 Å². The van der Waals surface area contributed by atoms with E-state index in [0.29, 0.717) is 25.7 Å². The largest absolute Gasteiger partial charge is 0.441 e. The highest BCUT2D eigenvalue weighted by Crippen LogP contribution is 2.45. The number of nitrogens with zero attached hydrogens (tertiary/aromatic N) is 2. The average Bonchev–Trinajstić information content (AvgIpc) is 3.24. The SMILES string of the molecule is CC1(C)OC(=O)N([C@H]2CC[C@H](n3c(=O)[nH]c4c(F)c(Br)c(F)cc43)CC2)[C@H]1c1ccccc1. The van der Waals surface area contributed by atoms with Crippen LogP contribution in [0.2, 0.25) is 0 Å². The monoisotopic (exact) mass is 519 g/mol. The molecule has 0 unspecified atom stereocenters. The van der Waals surface area contributed by atoms with Gasteiger partial charge in [-0.1, -0.05) is 30.3 Å². The lowest BCUT2D eigenvalue weighted by Crippen LogP contribution is -2.43. The number of carbonyl (C=O) groups is 1. The molecule has 1 aliphatic carbocycles. The lowest BCUT2D eigenvalue weighted by molar-refractivity contribution is 0.0662. The fourth-order valence-electron chi connectivity index (χ4n) is 5.46. The average molecular weight is 520 g/mol. The zero-order valence-corrected chi connectivity index (χ0v) is 19.9. The van der Waals surface area contributed by atoms with E-state index in [0.717, 1.165) is 5.56 Å². The van der Waals surface area contributed by atoms with Gasteiger partial charge in [-0.15, -0.1) is 0 Å². The van der Waals surface area contributed by atoms with Crippen molar-refractivity contribution in [3.05, 3.63) is 68.6 Å². The second kappa shape index (κ2) is 7.97. The molecule has 1 N–H and O–H groups in total. The van der Waals surface area contributed by atoms with Gasteiger partial charge in [0.25, 0.3) is 0 Å². The second-order valence-electron chi connectivity index (χ2n) is 9.33. The van der Waals surface area contributed by atoms with E-state index in [-0.39, 0.29) is 39.7 Å². The van der Waals surface area contributed by atoms with Crippen LogP contribution >= 0.6 is 15.9 Å². The number of benzene rings is 2. The van der Waals surface area contributed by atoms with E-state index in [1.54, 1.807) is 0 Å². The number of aromatic nitrogens is 2. The van der Waals surface area contributed by atoms with E-state index in [4.69, 9.17) is 4.74 Å². The zero-order valence-electron chi connectivity index (χ0n) is 18.3. The van der Waals surface area contributed by atoms with Crippen LogP contribution in [0.1, 0.15) is 57.2 Å². The van der Waals surface area contributed by atoms with Crippen molar-refractivity contribution in [3.63, 3.8) is 0 Å². The van der Waals surface area contributed by atoms with Crippen LogP contribution in [-0.2, 0) is 4.74 Å². The molecule has 5 rings (SSSR count). The highest BCUT2D eigenvalue weighted by molar-refractivity contribution is 9.10. The number of halogens is 3. The Hall–Kier alpha value is -2.68. The van der Waals surface area contributed by atoms with Gasteiger partial charge in [0.1, 0.15) is 16.9 Å². The molecule has 2 aromatic carbocycles. The highest BCUT2D eigenvalue weighted by atomic mass is 79.9. The van der Waals surface area contributed by atoms with Crippen molar-refractivity contribution in [2.24, 2.45) is 0 Å². The molecule has 1 saturated carbocycles. The number of hydrogen-bond acceptors (Lipinski definition) is 3. The van der Waals surface area contributed by atoms with Crippen LogP contribution in [-0.4, -0.2) is 32.2 Å². The van der Waals surface area contributed by atoms with Gasteiger partial charge in [0.2, 0.25) is 0 Å². The maximum atomic E-state index is 14.5. The van der Waals surface area contributed by atoms with Gasteiger partial charge < -0.3 is 9.72 Å². The Morgan fingerprint density at radius 2 is 1.70 bits per heavy atom. The van der Waals surface area contributed by atoms with E-state index >= 15 is 0 Å². The first-order chi connectivity index (χ1) is 15.7. The minimum absolute atomic E-state index is 0.00981. The Morgan fingerprint density at radius 1 is 1.06 bits per heavy atom. The molecule has 6 nitrogen and oxygen atoms in total. The number of amides is 1. The molecule has 9 heteroatoms. The summed E-state index contributed by atoms with van der Waals surface area (Å²) in [6.45, 7) is 3.84. The first-order valence-electron chi connectivity index (χ1n) is 11.0. The first-order valence-corrected chi connectivity index (χ1v) is 11.8. The molecule has 2 fully saturated rings. The smallest absolute Gasteiger partial charge is 0.411 e. The quantitative estimate of drug-likeness (QED) is 0.443. The van der Waals surface area contributed by atoms with Crippen molar-refractivity contribution in [2.45, 2.75) is 63.3 Å². The first kappa shape index (κ1) is 22.1. The van der Waals surface area contributed by atoms with Crippen LogP contribution in [0.3, 0.4) is 0 Å². The van der Waals surface area contributed by atoms with Gasteiger partial charge in [-0.2, -0.15) is 0 Å². The molecule has 174 valence electrons. The number of nitrogens with one attached hydrogen (secondary N) is 1. The molecule has 0 radical (unpaired) electrons. The van der Waals surface area contributed by atoms with E-state index in [1.807, 2.05) is 49.1 Å². The molecular formula is C24H24BrF2N3O3. The number of hydrogen-bond donors (Lipinski definition) is 1. The van der Waals surface area contributed by atoms with Crippen LogP contribution < -0.4 is 5.69 Å². The van der Waals surface area contributed by atoms with Crippen molar-refractivity contribution in [1.82, 2.24) is 14.5 Å². The van der Waals surface area contributed by atoms with Gasteiger partial charge in [0.15, 0.2) is 5.82 Å². The lowest BCUT2D eigenvalue weighted by atomic mass is 9.86. The van der Waals surface area contributed by atoms with Crippen molar-refractivity contribution in [3.8, 4) is 0 Å². The van der Waals surface area contributed by atoms with Gasteiger partial charge in [-0.25, -0.2) is 18.4 Å². The standard InChI is InChI=1S/C24H24BrF2N3O3/c1-24(2)21(13-6-4-3-5-7-13)30(23(32)33-24)15-10-8-14(9-11-15)29-17-12-16(26)18(25)19(27)20(17)28-22(29)31/h3-7,12,14-15,21H,8-11H2,1-2H3,(H,28,31)/t14-,15-,21-/m0/s1. The summed E-state index contributed by atoms with van der Waals surface area (Å²) >= 11 is 2.88. The summed E-state index contributed by atoms with van der Waals surface area (Å²) < 4.78 is 35.5. The molecule has 3 aromatic rings. The van der Waals surface area contributed by atoms with E-state index in [1.165, 1.54) is 10.6 Å². The van der Waals surface area contributed by atoms with Gasteiger partial charge >= 0.3 is 11.8 Å². The Balaban J connectivity index is 1.42. The van der Waals surface area contributed by atoms with Crippen LogP contribution in [0.5, 0.6) is 0 Å². The van der Waals surface area contributed by atoms with Gasteiger partial charge in [-0.05, 0) is 61.0 Å². The Morgan fingerprint density at radius 3 is 2.36 bits per heavy atom. The van der Waals surface area contributed by atoms with E-state index in [2.05, 4.69) is 20.9 Å². The summed E-state index contributed by atoms with van der Waals surface area (Å²) in [6.07, 6.45) is 2.17. The molecule has 1 aliphatic heterocycles. The highest BCUT2D eigenvalue weighted by Gasteiger charge is 2.51. The number of cyclic esters (lactones) is 1. The van der Waals surface area contributed by atoms with Crippen LogP contribution in [0, 0.1) is 11.6 Å². The van der Waals surface area contributed by atoms with Crippen LogP contribution in [0.15, 0.2) is 45.7 Å². The third-order valence-electron chi connectivity index (χ3n) is 6.89. The number of aromatic amines is 1. The number of ether oxygens (including phenoxy) is 1. The number of H-pyrrole nitrogens is 1. The Labute approximate surface area is 197 Å². The minimum Gasteiger partial charge on any atom is -0.441 e. The fraction of sp³-hybridized carbons (Fsp3) is 0.417. The zero-order chi connectivity index (χ0) is 23.5. The molecule has 0 bridgehead atoms. The van der Waals surface area contributed by atoms with Gasteiger partial charge in [-0.3, -0.25) is 9.47 Å². The maximum absolute atomic E-state index is 14.5. The number of fused-ring (bicyclic) bond motifs is 1. The molecule has 2 aliphatic rings. The summed E-state index contributed by atoms with van der Waals surface area (Å²) in [5, 5.41) is 0. The lowest BCUT2D eigenvalue weighted by Gasteiger charge is -2.38. The molecule has 0 spiro atoms. The van der Waals surface area contributed by atoms with Crippen molar-refractivity contribution >= 4 is 33.1 Å². The molecule has 1 saturated heterocycles. The maximum Gasteiger partial charge on any atom is 0.411 e. The minimum atomic E-state index is -0.817. The number of carbonyl (C=O) groups excluding carboxylic acids is 1. The Kier molecular flexibility index (Phi) is 5.34. The normalized spacial score (nSPS) is 24.9. The summed E-state index contributed by atoms with van der Waals surface area (Å²) in [7, 11) is 0. The topological polar surface area (TPSA) is 67.3 Å². The number of imidazole rings is 1. The van der Waals surface area contributed by atoms with Gasteiger partial charge in [0, 0.05) is 18.2 Å².